The van der Waals surface area contributed by atoms with Crippen LogP contribution in [0.2, 0.25) is 13.1 Å². The van der Waals surface area contributed by atoms with Gasteiger partial charge in [-0.3, -0.25) is 0 Å². The minimum Gasteiger partial charge on any atom is -1.00 e. The topological polar surface area (TPSA) is 4.93 Å². The van der Waals surface area contributed by atoms with Crippen molar-refractivity contribution in [2.24, 2.45) is 0 Å². The molecule has 1 aromatic heterocycles. The van der Waals surface area contributed by atoms with E-state index in [2.05, 4.69) is 129 Å². The molecule has 2 aliphatic carbocycles. The predicted molar refractivity (Wildman–Crippen MR) is 179 cm³/mol. The maximum Gasteiger partial charge on any atom is 3.00 e. The molecule has 1 fully saturated rings. The molecule has 0 N–H and O–H groups in total. The third-order valence-electron chi connectivity index (χ3n) is 10.2. The van der Waals surface area contributed by atoms with Crippen molar-refractivity contribution in [2.45, 2.75) is 77.4 Å². The Morgan fingerprint density at radius 1 is 0.773 bits per heavy atom. The van der Waals surface area contributed by atoms with E-state index in [1.807, 2.05) is 0 Å². The van der Waals surface area contributed by atoms with Crippen LogP contribution in [0.5, 0.6) is 0 Å². The van der Waals surface area contributed by atoms with E-state index in [-0.39, 0.29) is 51.0 Å². The normalized spacial score (nSPS) is 17.8. The number of aryl methyl sites for hydroxylation is 2. The van der Waals surface area contributed by atoms with Gasteiger partial charge in [-0.15, -0.1) is 34.5 Å². The summed E-state index contributed by atoms with van der Waals surface area (Å²) < 4.78 is 2.47. The fourth-order valence-corrected chi connectivity index (χ4v) is 12.7. The molecule has 1 saturated carbocycles. The number of fused-ring (bicyclic) bond motifs is 1. The minimum atomic E-state index is -1.19. The Balaban J connectivity index is 0.000000190. The standard InChI is InChI=1S/C22H23.C17H19NSi.2ClH.Zr/c1-16-14-20-8-5-9-21(22(20)15-16)19-12-10-18(11-13-19)17-6-3-2-4-7-17;1-11-10-14-15(17-12(2)16(14)19(17,3)4)18(11)13-8-6-5-7-9-13;;;/h5,8-15,17H,2-4,6-7H2,1H3;5-10,16H,1-4H3;2*1H;/q-1;;;;+3/p-2. The fourth-order valence-electron chi connectivity index (χ4n) is 8.43. The second-order valence-corrected chi connectivity index (χ2v) is 17.8. The van der Waals surface area contributed by atoms with Crippen molar-refractivity contribution in [3.8, 4) is 16.8 Å². The maximum absolute atomic E-state index is 2.52. The molecule has 44 heavy (non-hydrogen) atoms. The molecule has 2 aliphatic heterocycles. The summed E-state index contributed by atoms with van der Waals surface area (Å²) in [4.78, 5) is 0. The summed E-state index contributed by atoms with van der Waals surface area (Å²) in [7, 11) is -1.19. The molecule has 2 bridgehead atoms. The van der Waals surface area contributed by atoms with Crippen molar-refractivity contribution in [2.75, 3.05) is 0 Å². The van der Waals surface area contributed by atoms with E-state index in [0.717, 1.165) is 11.5 Å². The van der Waals surface area contributed by atoms with Gasteiger partial charge in [0.05, 0.1) is 8.07 Å². The number of para-hydroxylation sites is 1. The van der Waals surface area contributed by atoms with Crippen LogP contribution in [0.4, 0.5) is 0 Å². The average Bonchev–Trinajstić information content (AvgIpc) is 3.67. The van der Waals surface area contributed by atoms with Crippen molar-refractivity contribution in [3.05, 3.63) is 125 Å². The first-order valence-corrected chi connectivity index (χ1v) is 18.7. The molecule has 5 heteroatoms. The Kier molecular flexibility index (Phi) is 10.9. The second kappa shape index (κ2) is 13.8. The largest absolute Gasteiger partial charge is 3.00 e. The van der Waals surface area contributed by atoms with E-state index < -0.39 is 8.07 Å². The van der Waals surface area contributed by atoms with Crippen LogP contribution in [-0.2, 0) is 26.2 Å². The molecular formula is C39H42Cl2NSiZr. The quantitative estimate of drug-likeness (QED) is 0.183. The summed E-state index contributed by atoms with van der Waals surface area (Å²) in [6.07, 6.45) is 6.97. The first-order chi connectivity index (χ1) is 19.8. The van der Waals surface area contributed by atoms with Crippen LogP contribution in [0.15, 0.2) is 96.6 Å². The van der Waals surface area contributed by atoms with Crippen LogP contribution < -0.4 is 24.8 Å². The van der Waals surface area contributed by atoms with Gasteiger partial charge in [0.1, 0.15) is 0 Å². The van der Waals surface area contributed by atoms with Crippen LogP contribution in [-0.4, -0.2) is 12.6 Å². The SMILES string of the molecule is CC1=C2c3c(cc(C)n3-c3ccccc3)C1[Si]2(C)C.Cc1cc2c(-c3ccc(C4CCCCC4)cc3)cccc2[cH-]1.[Cl-].[Cl-].[Zr+3]. The van der Waals surface area contributed by atoms with Crippen molar-refractivity contribution in [1.29, 1.82) is 0 Å². The Labute approximate surface area is 296 Å². The third kappa shape index (κ3) is 5.84. The van der Waals surface area contributed by atoms with E-state index in [9.17, 15) is 0 Å². The van der Waals surface area contributed by atoms with Crippen molar-refractivity contribution in [1.82, 2.24) is 4.57 Å². The average molecular weight is 715 g/mol. The summed E-state index contributed by atoms with van der Waals surface area (Å²) >= 11 is 0. The number of allylic oxidation sites excluding steroid dienone is 1. The van der Waals surface area contributed by atoms with Gasteiger partial charge >= 0.3 is 26.2 Å². The summed E-state index contributed by atoms with van der Waals surface area (Å²) in [6, 6.07) is 33.8. The molecule has 3 heterocycles. The van der Waals surface area contributed by atoms with Gasteiger partial charge in [0.15, 0.2) is 0 Å². The minimum absolute atomic E-state index is 0. The molecule has 0 spiro atoms. The number of nitrogens with zero attached hydrogens (tertiary/aromatic N) is 1. The molecule has 1 nitrogen and oxygen atoms in total. The van der Waals surface area contributed by atoms with Crippen LogP contribution >= 0.6 is 0 Å². The smallest absolute Gasteiger partial charge is 1.00 e. The molecule has 1 unspecified atom stereocenters. The summed E-state index contributed by atoms with van der Waals surface area (Å²) in [5.74, 6) is 0.791. The van der Waals surface area contributed by atoms with Gasteiger partial charge in [0, 0.05) is 22.6 Å². The molecule has 5 aromatic rings. The molecule has 225 valence electrons. The number of hydrogen-bond acceptors (Lipinski definition) is 0. The fraction of sp³-hybridized carbons (Fsp3) is 0.308. The monoisotopic (exact) mass is 712 g/mol. The Bertz CT molecular complexity index is 1770. The third-order valence-corrected chi connectivity index (χ3v) is 14.3. The molecule has 1 radical (unpaired) electrons. The van der Waals surface area contributed by atoms with Crippen molar-refractivity contribution < 1.29 is 51.0 Å². The van der Waals surface area contributed by atoms with E-state index in [1.165, 1.54) is 82.2 Å². The molecule has 0 saturated heterocycles. The van der Waals surface area contributed by atoms with E-state index >= 15 is 0 Å². The van der Waals surface area contributed by atoms with Gasteiger partial charge in [-0.2, -0.15) is 6.07 Å². The number of benzene rings is 3. The van der Waals surface area contributed by atoms with E-state index in [4.69, 9.17) is 0 Å². The van der Waals surface area contributed by atoms with Gasteiger partial charge in [0.2, 0.25) is 0 Å². The van der Waals surface area contributed by atoms with Gasteiger partial charge < -0.3 is 29.4 Å². The number of hydrogen-bond donors (Lipinski definition) is 0. The summed E-state index contributed by atoms with van der Waals surface area (Å²) in [5.41, 5.74) is 13.8. The van der Waals surface area contributed by atoms with Gasteiger partial charge in [-0.1, -0.05) is 98.9 Å². The Morgan fingerprint density at radius 2 is 1.45 bits per heavy atom. The molecule has 9 rings (SSSR count). The van der Waals surface area contributed by atoms with E-state index in [0.29, 0.717) is 0 Å². The number of aromatic nitrogens is 1. The maximum atomic E-state index is 2.52. The second-order valence-electron chi connectivity index (χ2n) is 13.3. The first kappa shape index (κ1) is 34.8. The zero-order chi connectivity index (χ0) is 28.3. The number of halogens is 2. The predicted octanol–water partition coefficient (Wildman–Crippen LogP) is 5.04. The Hall–Kier alpha value is -2.03. The van der Waals surface area contributed by atoms with Crippen molar-refractivity contribution in [3.63, 3.8) is 0 Å². The molecule has 1 atom stereocenters. The summed E-state index contributed by atoms with van der Waals surface area (Å²) in [5, 5.41) is 4.45. The van der Waals surface area contributed by atoms with Crippen LogP contribution in [0, 0.1) is 13.8 Å². The number of rotatable bonds is 3. The molecule has 0 amide bonds. The zero-order valence-corrected chi connectivity index (χ0v) is 31.5. The van der Waals surface area contributed by atoms with Gasteiger partial charge in [0.25, 0.3) is 0 Å². The van der Waals surface area contributed by atoms with Crippen LogP contribution in [0.3, 0.4) is 0 Å². The molecule has 4 aromatic carbocycles. The summed E-state index contributed by atoms with van der Waals surface area (Å²) in [6.45, 7) is 11.8. The zero-order valence-electron chi connectivity index (χ0n) is 26.6. The van der Waals surface area contributed by atoms with Crippen molar-refractivity contribution >= 4 is 24.0 Å². The molecule has 4 aliphatic rings. The molecular weight excluding hydrogens is 673 g/mol. The Morgan fingerprint density at radius 3 is 2.11 bits per heavy atom. The van der Waals surface area contributed by atoms with Crippen LogP contribution in [0.25, 0.3) is 32.8 Å². The van der Waals surface area contributed by atoms with E-state index in [1.54, 1.807) is 16.3 Å². The van der Waals surface area contributed by atoms with Crippen LogP contribution in [0.1, 0.15) is 78.6 Å². The van der Waals surface area contributed by atoms with Gasteiger partial charge in [-0.25, -0.2) is 0 Å². The van der Waals surface area contributed by atoms with Gasteiger partial charge in [-0.05, 0) is 72.7 Å². The first-order valence-electron chi connectivity index (χ1n) is 15.6.